The van der Waals surface area contributed by atoms with Crippen LogP contribution in [0.1, 0.15) is 62.6 Å². The van der Waals surface area contributed by atoms with Crippen LogP contribution in [0.15, 0.2) is 48.5 Å². The molecule has 2 aromatic rings. The van der Waals surface area contributed by atoms with E-state index in [-0.39, 0.29) is 43.4 Å². The van der Waals surface area contributed by atoms with Gasteiger partial charge in [0, 0.05) is 26.1 Å². The lowest BCUT2D eigenvalue weighted by molar-refractivity contribution is -0.141. The van der Waals surface area contributed by atoms with Crippen LogP contribution in [0, 0.1) is 6.92 Å². The second-order valence-corrected chi connectivity index (χ2v) is 11.4. The molecule has 0 saturated heterocycles. The van der Waals surface area contributed by atoms with Crippen molar-refractivity contribution < 1.29 is 31.2 Å². The molecule has 1 N–H and O–H groups in total. The van der Waals surface area contributed by atoms with Gasteiger partial charge in [-0.1, -0.05) is 50.6 Å². The predicted molar refractivity (Wildman–Crippen MR) is 147 cm³/mol. The van der Waals surface area contributed by atoms with Crippen molar-refractivity contribution in [3.05, 3.63) is 65.2 Å². The minimum absolute atomic E-state index is 0.0559. The summed E-state index contributed by atoms with van der Waals surface area (Å²) in [5, 5.41) is 2.89. The number of hydrogen-bond acceptors (Lipinski definition) is 4. The molecule has 2 aromatic carbocycles. The maximum atomic E-state index is 13.5. The topological polar surface area (TPSA) is 86.8 Å². The number of aryl methyl sites for hydroxylation is 1. The quantitative estimate of drug-likeness (QED) is 0.314. The molecule has 1 unspecified atom stereocenters. The molecule has 0 spiro atoms. The summed E-state index contributed by atoms with van der Waals surface area (Å²) in [6, 6.07) is 10.9. The first-order chi connectivity index (χ1) is 18.3. The number of hydrogen-bond donors (Lipinski definition) is 1. The number of halogens is 3. The highest BCUT2D eigenvalue weighted by atomic mass is 32.2. The van der Waals surface area contributed by atoms with Gasteiger partial charge in [-0.3, -0.25) is 13.9 Å². The van der Waals surface area contributed by atoms with Gasteiger partial charge in [-0.05, 0) is 55.5 Å². The van der Waals surface area contributed by atoms with Gasteiger partial charge in [-0.15, -0.1) is 0 Å². The van der Waals surface area contributed by atoms with Crippen molar-refractivity contribution in [2.24, 2.45) is 0 Å². The van der Waals surface area contributed by atoms with E-state index < -0.39 is 27.8 Å². The van der Waals surface area contributed by atoms with Crippen LogP contribution in [0.2, 0.25) is 0 Å². The molecule has 0 bridgehead atoms. The number of sulfonamides is 1. The summed E-state index contributed by atoms with van der Waals surface area (Å²) in [6.07, 6.45) is -1.65. The summed E-state index contributed by atoms with van der Waals surface area (Å²) in [7, 11) is -3.92. The first kappa shape index (κ1) is 32.1. The lowest BCUT2D eigenvalue weighted by Crippen LogP contribution is -2.49. The van der Waals surface area contributed by atoms with Gasteiger partial charge in [0.1, 0.15) is 6.04 Å². The first-order valence-corrected chi connectivity index (χ1v) is 14.9. The molecule has 0 aliphatic carbocycles. The van der Waals surface area contributed by atoms with E-state index in [1.165, 1.54) is 11.0 Å². The molecular weight excluding hydrogens is 531 g/mol. The number of carbonyl (C=O) groups is 2. The number of anilines is 1. The number of benzene rings is 2. The Balaban J connectivity index is 2.25. The molecule has 0 heterocycles. The second kappa shape index (κ2) is 14.3. The van der Waals surface area contributed by atoms with Crippen molar-refractivity contribution in [2.75, 3.05) is 23.7 Å². The van der Waals surface area contributed by atoms with Crippen LogP contribution in [0.5, 0.6) is 0 Å². The zero-order valence-electron chi connectivity index (χ0n) is 22.9. The normalized spacial score (nSPS) is 12.6. The molecule has 0 radical (unpaired) electrons. The molecule has 0 aliphatic rings. The fraction of sp³-hybridized carbons (Fsp3) is 0.500. The highest BCUT2D eigenvalue weighted by molar-refractivity contribution is 7.92. The van der Waals surface area contributed by atoms with Gasteiger partial charge in [0.25, 0.3) is 0 Å². The van der Waals surface area contributed by atoms with Gasteiger partial charge in [-0.25, -0.2) is 8.42 Å². The number of alkyl halides is 3. The smallest absolute Gasteiger partial charge is 0.354 e. The Bertz CT molecular complexity index is 1220. The summed E-state index contributed by atoms with van der Waals surface area (Å²) < 4.78 is 65.4. The Morgan fingerprint density at radius 3 is 2.31 bits per heavy atom. The van der Waals surface area contributed by atoms with Crippen molar-refractivity contribution in [3.8, 4) is 0 Å². The molecule has 7 nitrogen and oxygen atoms in total. The Morgan fingerprint density at radius 1 is 1.03 bits per heavy atom. The van der Waals surface area contributed by atoms with Crippen LogP contribution < -0.4 is 9.62 Å². The fourth-order valence-electron chi connectivity index (χ4n) is 4.24. The number of amides is 2. The fourth-order valence-corrected chi connectivity index (χ4v) is 5.20. The van der Waals surface area contributed by atoms with E-state index in [0.29, 0.717) is 13.0 Å². The van der Waals surface area contributed by atoms with Gasteiger partial charge in [0.2, 0.25) is 21.8 Å². The molecular formula is C28H38F3N3O4S. The zero-order chi connectivity index (χ0) is 29.2. The summed E-state index contributed by atoms with van der Waals surface area (Å²) in [5.74, 6) is -0.595. The molecule has 1 atom stereocenters. The summed E-state index contributed by atoms with van der Waals surface area (Å²) >= 11 is 0. The van der Waals surface area contributed by atoms with Gasteiger partial charge in [0.15, 0.2) is 0 Å². The molecule has 39 heavy (non-hydrogen) atoms. The van der Waals surface area contributed by atoms with Gasteiger partial charge in [0.05, 0.1) is 17.5 Å². The minimum atomic E-state index is -4.63. The van der Waals surface area contributed by atoms with E-state index in [4.69, 9.17) is 0 Å². The van der Waals surface area contributed by atoms with Crippen LogP contribution in [0.25, 0.3) is 0 Å². The maximum Gasteiger partial charge on any atom is 0.416 e. The van der Waals surface area contributed by atoms with Crippen LogP contribution in [-0.2, 0) is 32.3 Å². The van der Waals surface area contributed by atoms with E-state index in [1.807, 2.05) is 45.0 Å². The highest BCUT2D eigenvalue weighted by Crippen LogP contribution is 2.32. The monoisotopic (exact) mass is 569 g/mol. The zero-order valence-corrected chi connectivity index (χ0v) is 23.7. The molecule has 0 saturated carbocycles. The first-order valence-electron chi connectivity index (χ1n) is 13.1. The number of unbranched alkanes of at least 4 members (excludes halogenated alkanes) is 1. The third-order valence-electron chi connectivity index (χ3n) is 6.43. The SMILES string of the molecule is CCCCNC(=O)C(CC)N(Cc1ccccc1C)C(=O)CCCN(c1cccc(C(F)(F)F)c1)S(C)(=O)=O. The molecule has 0 aromatic heterocycles. The highest BCUT2D eigenvalue weighted by Gasteiger charge is 2.32. The summed E-state index contributed by atoms with van der Waals surface area (Å²) in [6.45, 7) is 6.26. The van der Waals surface area contributed by atoms with Crippen LogP contribution in [0.4, 0.5) is 18.9 Å². The van der Waals surface area contributed by atoms with Crippen LogP contribution in [-0.4, -0.2) is 50.5 Å². The van der Waals surface area contributed by atoms with Crippen LogP contribution >= 0.6 is 0 Å². The van der Waals surface area contributed by atoms with Crippen molar-refractivity contribution in [1.82, 2.24) is 10.2 Å². The summed E-state index contributed by atoms with van der Waals surface area (Å²) in [5.41, 5.74) is 0.754. The van der Waals surface area contributed by atoms with Gasteiger partial charge in [-0.2, -0.15) is 13.2 Å². The van der Waals surface area contributed by atoms with Crippen molar-refractivity contribution in [1.29, 1.82) is 0 Å². The predicted octanol–water partition coefficient (Wildman–Crippen LogP) is 5.28. The molecule has 0 aliphatic heterocycles. The van der Waals surface area contributed by atoms with Crippen LogP contribution in [0.3, 0.4) is 0 Å². The summed E-state index contributed by atoms with van der Waals surface area (Å²) in [4.78, 5) is 28.0. The van der Waals surface area contributed by atoms with E-state index in [9.17, 15) is 31.2 Å². The number of nitrogens with one attached hydrogen (secondary N) is 1. The Kier molecular flexibility index (Phi) is 11.8. The third kappa shape index (κ3) is 9.56. The second-order valence-electron chi connectivity index (χ2n) is 9.50. The minimum Gasteiger partial charge on any atom is -0.354 e. The van der Waals surface area contributed by atoms with Crippen molar-refractivity contribution in [2.45, 2.75) is 71.6 Å². The van der Waals surface area contributed by atoms with E-state index in [2.05, 4.69) is 5.32 Å². The molecule has 2 amide bonds. The average molecular weight is 570 g/mol. The Labute approximate surface area is 229 Å². The Hall–Kier alpha value is -3.08. The third-order valence-corrected chi connectivity index (χ3v) is 7.63. The van der Waals surface area contributed by atoms with Gasteiger partial charge >= 0.3 is 6.18 Å². The largest absolute Gasteiger partial charge is 0.416 e. The number of rotatable bonds is 14. The van der Waals surface area contributed by atoms with Crippen molar-refractivity contribution >= 4 is 27.5 Å². The van der Waals surface area contributed by atoms with E-state index >= 15 is 0 Å². The van der Waals surface area contributed by atoms with Gasteiger partial charge < -0.3 is 10.2 Å². The molecule has 2 rings (SSSR count). The average Bonchev–Trinajstić information content (AvgIpc) is 2.86. The number of carbonyl (C=O) groups excluding carboxylic acids is 2. The lowest BCUT2D eigenvalue weighted by Gasteiger charge is -2.31. The number of nitrogens with zero attached hydrogens (tertiary/aromatic N) is 2. The molecule has 11 heteroatoms. The lowest BCUT2D eigenvalue weighted by atomic mass is 10.1. The van der Waals surface area contributed by atoms with Crippen molar-refractivity contribution in [3.63, 3.8) is 0 Å². The Morgan fingerprint density at radius 2 is 1.72 bits per heavy atom. The molecule has 0 fully saturated rings. The molecule has 216 valence electrons. The van der Waals surface area contributed by atoms with E-state index in [0.717, 1.165) is 52.7 Å². The standard InChI is InChI=1S/C28H38F3N3O4S/c1-5-7-17-32-27(36)25(6-2)33(20-22-13-9-8-12-21(22)3)26(35)16-11-18-34(39(4,37)38)24-15-10-14-23(19-24)28(29,30)31/h8-10,12-15,19,25H,5-7,11,16-18,20H2,1-4H3,(H,32,36). The van der Waals surface area contributed by atoms with E-state index in [1.54, 1.807) is 0 Å². The maximum absolute atomic E-state index is 13.5.